The monoisotopic (exact) mass is 301 g/mol. The summed E-state index contributed by atoms with van der Waals surface area (Å²) >= 11 is 4.90. The summed E-state index contributed by atoms with van der Waals surface area (Å²) in [6.07, 6.45) is 0. The van der Waals surface area contributed by atoms with Crippen LogP contribution in [-0.4, -0.2) is 15.9 Å². The Balaban J connectivity index is 2.51. The van der Waals surface area contributed by atoms with E-state index in [9.17, 15) is 14.9 Å². The van der Waals surface area contributed by atoms with E-state index in [1.54, 1.807) is 36.4 Å². The number of rotatable bonds is 3. The molecule has 0 saturated heterocycles. The van der Waals surface area contributed by atoms with Crippen LogP contribution < -0.4 is 10.6 Å². The van der Waals surface area contributed by atoms with Crippen molar-refractivity contribution in [3.63, 3.8) is 0 Å². The van der Waals surface area contributed by atoms with Crippen molar-refractivity contribution in [3.8, 4) is 0 Å². The molecule has 2 aromatic rings. The van der Waals surface area contributed by atoms with Gasteiger partial charge in [-0.15, -0.1) is 0 Å². The average molecular weight is 301 g/mol. The summed E-state index contributed by atoms with van der Waals surface area (Å²) in [6, 6.07) is 14.2. The van der Waals surface area contributed by atoms with Gasteiger partial charge in [-0.3, -0.25) is 19.8 Å². The number of carbonyl (C=O) groups excluding carboxylic acids is 1. The first-order chi connectivity index (χ1) is 10.0. The number of carbonyl (C=O) groups is 1. The first kappa shape index (κ1) is 14.6. The van der Waals surface area contributed by atoms with Gasteiger partial charge in [-0.05, 0) is 30.4 Å². The van der Waals surface area contributed by atoms with Crippen LogP contribution in [0.15, 0.2) is 54.6 Å². The summed E-state index contributed by atoms with van der Waals surface area (Å²) in [5.74, 6) is -0.638. The lowest BCUT2D eigenvalue weighted by Crippen LogP contribution is -2.40. The summed E-state index contributed by atoms with van der Waals surface area (Å²) in [5, 5.41) is 10.8. The normalized spacial score (nSPS) is 9.90. The van der Waals surface area contributed by atoms with Crippen molar-refractivity contribution >= 4 is 34.6 Å². The molecule has 2 aromatic carbocycles. The molecule has 0 spiro atoms. The molecule has 21 heavy (non-hydrogen) atoms. The molecule has 0 heterocycles. The maximum atomic E-state index is 12.6. The molecular formula is C14H11N3O3S. The third kappa shape index (κ3) is 3.03. The van der Waals surface area contributed by atoms with E-state index in [2.05, 4.69) is 0 Å². The fourth-order valence-corrected chi connectivity index (χ4v) is 2.04. The molecular weight excluding hydrogens is 290 g/mol. The van der Waals surface area contributed by atoms with Gasteiger partial charge in [0.25, 0.3) is 11.6 Å². The van der Waals surface area contributed by atoms with Crippen molar-refractivity contribution in [1.82, 2.24) is 0 Å². The first-order valence-corrected chi connectivity index (χ1v) is 6.35. The summed E-state index contributed by atoms with van der Waals surface area (Å²) in [7, 11) is 0. The number of nitrogens with two attached hydrogens (primary N) is 1. The fraction of sp³-hybridized carbons (Fsp3) is 0. The van der Waals surface area contributed by atoms with Crippen LogP contribution in [0.3, 0.4) is 0 Å². The van der Waals surface area contributed by atoms with Gasteiger partial charge in [0.1, 0.15) is 5.56 Å². The average Bonchev–Trinajstić information content (AvgIpc) is 2.48. The van der Waals surface area contributed by atoms with Gasteiger partial charge in [0.15, 0.2) is 5.11 Å². The second-order valence-corrected chi connectivity index (χ2v) is 4.51. The molecule has 0 saturated carbocycles. The molecule has 7 heteroatoms. The number of amides is 1. The lowest BCUT2D eigenvalue weighted by Gasteiger charge is -2.20. The fourth-order valence-electron chi connectivity index (χ4n) is 1.86. The van der Waals surface area contributed by atoms with Crippen LogP contribution in [-0.2, 0) is 0 Å². The molecule has 0 aromatic heterocycles. The molecule has 106 valence electrons. The smallest absolute Gasteiger partial charge is 0.282 e. The highest BCUT2D eigenvalue weighted by atomic mass is 32.1. The van der Waals surface area contributed by atoms with Gasteiger partial charge in [-0.25, -0.2) is 0 Å². The van der Waals surface area contributed by atoms with E-state index in [1.807, 2.05) is 0 Å². The number of hydrogen-bond donors (Lipinski definition) is 1. The van der Waals surface area contributed by atoms with Crippen LogP contribution in [0.1, 0.15) is 10.4 Å². The minimum atomic E-state index is -0.638. The van der Waals surface area contributed by atoms with E-state index in [-0.39, 0.29) is 16.4 Å². The summed E-state index contributed by atoms with van der Waals surface area (Å²) in [4.78, 5) is 24.0. The topological polar surface area (TPSA) is 89.5 Å². The molecule has 2 N–H and O–H groups in total. The van der Waals surface area contributed by atoms with Crippen LogP contribution in [0, 0.1) is 10.1 Å². The van der Waals surface area contributed by atoms with Gasteiger partial charge >= 0.3 is 0 Å². The second-order valence-electron chi connectivity index (χ2n) is 4.09. The first-order valence-electron chi connectivity index (χ1n) is 5.94. The predicted molar refractivity (Wildman–Crippen MR) is 83.1 cm³/mol. The summed E-state index contributed by atoms with van der Waals surface area (Å²) < 4.78 is 0. The maximum absolute atomic E-state index is 12.6. The van der Waals surface area contributed by atoms with E-state index in [4.69, 9.17) is 18.0 Å². The molecule has 0 aliphatic heterocycles. The Morgan fingerprint density at radius 3 is 2.24 bits per heavy atom. The van der Waals surface area contributed by atoms with E-state index in [0.717, 1.165) is 4.90 Å². The van der Waals surface area contributed by atoms with E-state index >= 15 is 0 Å². The summed E-state index contributed by atoms with van der Waals surface area (Å²) in [6.45, 7) is 0. The molecule has 0 aliphatic rings. The number of para-hydroxylation sites is 2. The maximum Gasteiger partial charge on any atom is 0.282 e. The van der Waals surface area contributed by atoms with Gasteiger partial charge in [0.2, 0.25) is 0 Å². The van der Waals surface area contributed by atoms with Crippen LogP contribution in [0.25, 0.3) is 0 Å². The van der Waals surface area contributed by atoms with Gasteiger partial charge in [0, 0.05) is 6.07 Å². The van der Waals surface area contributed by atoms with Gasteiger partial charge < -0.3 is 5.73 Å². The highest BCUT2D eigenvalue weighted by Crippen LogP contribution is 2.23. The Hall–Kier alpha value is -2.80. The molecule has 2 rings (SSSR count). The van der Waals surface area contributed by atoms with E-state index < -0.39 is 10.8 Å². The van der Waals surface area contributed by atoms with Crippen molar-refractivity contribution in [3.05, 3.63) is 70.3 Å². The van der Waals surface area contributed by atoms with Crippen molar-refractivity contribution < 1.29 is 9.72 Å². The highest BCUT2D eigenvalue weighted by Gasteiger charge is 2.26. The van der Waals surface area contributed by atoms with Crippen molar-refractivity contribution in [2.24, 2.45) is 5.73 Å². The quantitative estimate of drug-likeness (QED) is 0.534. The molecule has 0 unspecified atom stereocenters. The summed E-state index contributed by atoms with van der Waals surface area (Å²) in [5.41, 5.74) is 5.69. The predicted octanol–water partition coefficient (Wildman–Crippen LogP) is 2.49. The number of nitro groups is 1. The van der Waals surface area contributed by atoms with E-state index in [1.165, 1.54) is 18.2 Å². The zero-order valence-corrected chi connectivity index (χ0v) is 11.6. The minimum Gasteiger partial charge on any atom is -0.376 e. The third-order valence-corrected chi connectivity index (χ3v) is 2.95. The van der Waals surface area contributed by atoms with E-state index in [0.29, 0.717) is 5.69 Å². The Labute approximate surface area is 125 Å². The molecule has 0 aliphatic carbocycles. The van der Waals surface area contributed by atoms with Crippen molar-refractivity contribution in [2.45, 2.75) is 0 Å². The molecule has 0 radical (unpaired) electrons. The lowest BCUT2D eigenvalue weighted by atomic mass is 10.1. The SMILES string of the molecule is NC(=S)N(C(=O)c1ccccc1[N+](=O)[O-])c1ccccc1. The number of nitro benzene ring substituents is 1. The van der Waals surface area contributed by atoms with Crippen LogP contribution in [0.4, 0.5) is 11.4 Å². The van der Waals surface area contributed by atoms with Gasteiger partial charge in [-0.2, -0.15) is 0 Å². The van der Waals surface area contributed by atoms with Gasteiger partial charge in [-0.1, -0.05) is 30.3 Å². The molecule has 1 amide bonds. The molecule has 0 fully saturated rings. The zero-order chi connectivity index (χ0) is 15.4. The van der Waals surface area contributed by atoms with Gasteiger partial charge in [0.05, 0.1) is 10.6 Å². The second kappa shape index (κ2) is 6.10. The van der Waals surface area contributed by atoms with Crippen molar-refractivity contribution in [1.29, 1.82) is 0 Å². The highest BCUT2D eigenvalue weighted by molar-refractivity contribution is 7.80. The zero-order valence-electron chi connectivity index (χ0n) is 10.8. The molecule has 6 nitrogen and oxygen atoms in total. The molecule has 0 atom stereocenters. The Bertz CT molecular complexity index is 704. The number of thiocarbonyl (C=S) groups is 1. The Morgan fingerprint density at radius 2 is 1.67 bits per heavy atom. The minimum absolute atomic E-state index is 0.0702. The number of benzene rings is 2. The number of nitrogens with zero attached hydrogens (tertiary/aromatic N) is 2. The largest absolute Gasteiger partial charge is 0.376 e. The Kier molecular flexibility index (Phi) is 4.24. The lowest BCUT2D eigenvalue weighted by molar-refractivity contribution is -0.385. The van der Waals surface area contributed by atoms with Crippen LogP contribution in [0.2, 0.25) is 0 Å². The van der Waals surface area contributed by atoms with Crippen molar-refractivity contribution in [2.75, 3.05) is 4.90 Å². The number of hydrogen-bond acceptors (Lipinski definition) is 4. The van der Waals surface area contributed by atoms with Crippen LogP contribution in [0.5, 0.6) is 0 Å². The Morgan fingerprint density at radius 1 is 1.10 bits per heavy atom. The third-order valence-electron chi connectivity index (χ3n) is 2.77. The number of anilines is 1. The molecule has 0 bridgehead atoms. The standard InChI is InChI=1S/C14H11N3O3S/c15-14(21)16(10-6-2-1-3-7-10)13(18)11-8-4-5-9-12(11)17(19)20/h1-9H,(H2,15,21). The van der Waals surface area contributed by atoms with Crippen LogP contribution >= 0.6 is 12.2 Å².